The first-order valence-corrected chi connectivity index (χ1v) is 7.35. The van der Waals surface area contributed by atoms with Crippen LogP contribution in [0.3, 0.4) is 0 Å². The van der Waals surface area contributed by atoms with E-state index < -0.39 is 0 Å². The smallest absolute Gasteiger partial charge is 0.319 e. The Hall–Kier alpha value is -2.17. The fourth-order valence-corrected chi connectivity index (χ4v) is 2.34. The molecule has 2 N–H and O–H groups in total. The van der Waals surface area contributed by atoms with Gasteiger partial charge in [0.15, 0.2) is 0 Å². The molecule has 0 spiro atoms. The number of hydrogen-bond donors (Lipinski definition) is 2. The molecule has 0 bridgehead atoms. The molecule has 0 aliphatic heterocycles. The first-order chi connectivity index (χ1) is 10.6. The summed E-state index contributed by atoms with van der Waals surface area (Å²) in [5.74, 6) is 0.686. The van der Waals surface area contributed by atoms with E-state index in [-0.39, 0.29) is 6.03 Å². The van der Waals surface area contributed by atoms with Crippen LogP contribution in [0.5, 0.6) is 0 Å². The van der Waals surface area contributed by atoms with Crippen molar-refractivity contribution in [1.29, 1.82) is 0 Å². The number of furan rings is 1. The standard InChI is InChI=1S/C16H12Cl2N2O2/c17-13-6-5-11(8-14(13)18)20-16(21)19-9-12-7-10-3-1-2-4-15(10)22-12/h1-8H,9H2,(H2,19,20,21). The Labute approximate surface area is 137 Å². The summed E-state index contributed by atoms with van der Waals surface area (Å²) in [5.41, 5.74) is 1.36. The predicted molar refractivity (Wildman–Crippen MR) is 88.5 cm³/mol. The second-order valence-electron chi connectivity index (χ2n) is 4.69. The molecule has 2 aromatic carbocycles. The van der Waals surface area contributed by atoms with E-state index in [4.69, 9.17) is 27.6 Å². The van der Waals surface area contributed by atoms with Crippen LogP contribution >= 0.6 is 23.2 Å². The molecule has 0 unspecified atom stereocenters. The summed E-state index contributed by atoms with van der Waals surface area (Å²) in [7, 11) is 0. The van der Waals surface area contributed by atoms with Gasteiger partial charge in [0.05, 0.1) is 16.6 Å². The summed E-state index contributed by atoms with van der Waals surface area (Å²) in [6.07, 6.45) is 0. The number of nitrogens with one attached hydrogen (secondary N) is 2. The van der Waals surface area contributed by atoms with E-state index in [1.165, 1.54) is 0 Å². The maximum Gasteiger partial charge on any atom is 0.319 e. The highest BCUT2D eigenvalue weighted by molar-refractivity contribution is 6.42. The molecule has 0 radical (unpaired) electrons. The summed E-state index contributed by atoms with van der Waals surface area (Å²) in [6, 6.07) is 14.1. The number of fused-ring (bicyclic) bond motifs is 1. The molecule has 0 saturated heterocycles. The Balaban J connectivity index is 1.60. The molecule has 22 heavy (non-hydrogen) atoms. The molecule has 0 aliphatic rings. The fourth-order valence-electron chi connectivity index (χ4n) is 2.04. The summed E-state index contributed by atoms with van der Waals surface area (Å²) in [5, 5.41) is 7.23. The van der Waals surface area contributed by atoms with Crippen LogP contribution in [-0.4, -0.2) is 6.03 Å². The van der Waals surface area contributed by atoms with Crippen LogP contribution in [0.4, 0.5) is 10.5 Å². The fraction of sp³-hybridized carbons (Fsp3) is 0.0625. The summed E-state index contributed by atoms with van der Waals surface area (Å²) in [6.45, 7) is 0.293. The van der Waals surface area contributed by atoms with Gasteiger partial charge in [-0.2, -0.15) is 0 Å². The molecule has 3 aromatic rings. The zero-order valence-electron chi connectivity index (χ0n) is 11.4. The number of amides is 2. The van der Waals surface area contributed by atoms with E-state index in [1.807, 2.05) is 30.3 Å². The van der Waals surface area contributed by atoms with Crippen LogP contribution in [-0.2, 0) is 6.54 Å². The van der Waals surface area contributed by atoms with Gasteiger partial charge in [0, 0.05) is 11.1 Å². The number of benzene rings is 2. The number of halogens is 2. The second kappa shape index (κ2) is 6.30. The predicted octanol–water partition coefficient (Wildman–Crippen LogP) is 5.06. The zero-order chi connectivity index (χ0) is 15.5. The van der Waals surface area contributed by atoms with Gasteiger partial charge in [0.25, 0.3) is 0 Å². The third-order valence-corrected chi connectivity index (χ3v) is 3.82. The number of hydrogen-bond acceptors (Lipinski definition) is 2. The van der Waals surface area contributed by atoms with Crippen molar-refractivity contribution < 1.29 is 9.21 Å². The normalized spacial score (nSPS) is 10.6. The molecule has 0 atom stereocenters. The van der Waals surface area contributed by atoms with E-state index in [0.717, 1.165) is 11.0 Å². The van der Waals surface area contributed by atoms with Gasteiger partial charge in [-0.25, -0.2) is 4.79 Å². The van der Waals surface area contributed by atoms with E-state index >= 15 is 0 Å². The number of carbonyl (C=O) groups excluding carboxylic acids is 1. The van der Waals surface area contributed by atoms with Crippen molar-refractivity contribution in [3.05, 3.63) is 64.3 Å². The number of anilines is 1. The monoisotopic (exact) mass is 334 g/mol. The Morgan fingerprint density at radius 1 is 1.05 bits per heavy atom. The minimum Gasteiger partial charge on any atom is -0.459 e. The van der Waals surface area contributed by atoms with E-state index in [9.17, 15) is 4.79 Å². The molecular weight excluding hydrogens is 323 g/mol. The average Bonchev–Trinajstić information content (AvgIpc) is 2.92. The summed E-state index contributed by atoms with van der Waals surface area (Å²) >= 11 is 11.7. The van der Waals surface area contributed by atoms with Gasteiger partial charge in [-0.3, -0.25) is 0 Å². The molecule has 6 heteroatoms. The molecule has 1 heterocycles. The van der Waals surface area contributed by atoms with Crippen molar-refractivity contribution in [2.45, 2.75) is 6.54 Å². The van der Waals surface area contributed by atoms with Crippen LogP contribution in [0.15, 0.2) is 52.9 Å². The topological polar surface area (TPSA) is 54.3 Å². The van der Waals surface area contributed by atoms with E-state index in [0.29, 0.717) is 28.0 Å². The van der Waals surface area contributed by atoms with Crippen LogP contribution in [0, 0.1) is 0 Å². The molecule has 1 aromatic heterocycles. The molecule has 0 aliphatic carbocycles. The number of rotatable bonds is 3. The van der Waals surface area contributed by atoms with Crippen molar-refractivity contribution in [2.24, 2.45) is 0 Å². The molecule has 0 fully saturated rings. The van der Waals surface area contributed by atoms with Crippen LogP contribution in [0.2, 0.25) is 10.0 Å². The van der Waals surface area contributed by atoms with Crippen molar-refractivity contribution in [3.63, 3.8) is 0 Å². The quantitative estimate of drug-likeness (QED) is 0.703. The largest absolute Gasteiger partial charge is 0.459 e. The van der Waals surface area contributed by atoms with Gasteiger partial charge in [0.1, 0.15) is 11.3 Å². The highest BCUT2D eigenvalue weighted by Crippen LogP contribution is 2.25. The maximum absolute atomic E-state index is 11.9. The van der Waals surface area contributed by atoms with E-state index in [1.54, 1.807) is 18.2 Å². The first-order valence-electron chi connectivity index (χ1n) is 6.59. The first kappa shape index (κ1) is 14.8. The van der Waals surface area contributed by atoms with Gasteiger partial charge >= 0.3 is 6.03 Å². The third kappa shape index (κ3) is 3.35. The third-order valence-electron chi connectivity index (χ3n) is 3.08. The Morgan fingerprint density at radius 3 is 2.64 bits per heavy atom. The SMILES string of the molecule is O=C(NCc1cc2ccccc2o1)Nc1ccc(Cl)c(Cl)c1. The van der Waals surface area contributed by atoms with Crippen molar-refractivity contribution in [3.8, 4) is 0 Å². The highest BCUT2D eigenvalue weighted by Gasteiger charge is 2.07. The van der Waals surface area contributed by atoms with Crippen LogP contribution < -0.4 is 10.6 Å². The molecule has 0 saturated carbocycles. The molecule has 3 rings (SSSR count). The van der Waals surface area contributed by atoms with Crippen molar-refractivity contribution >= 4 is 45.9 Å². The summed E-state index contributed by atoms with van der Waals surface area (Å²) in [4.78, 5) is 11.9. The Kier molecular flexibility index (Phi) is 4.22. The van der Waals surface area contributed by atoms with Gasteiger partial charge < -0.3 is 15.1 Å². The highest BCUT2D eigenvalue weighted by atomic mass is 35.5. The lowest BCUT2D eigenvalue weighted by atomic mass is 10.2. The van der Waals surface area contributed by atoms with Gasteiger partial charge in [-0.05, 0) is 30.3 Å². The summed E-state index contributed by atoms with van der Waals surface area (Å²) < 4.78 is 5.62. The lowest BCUT2D eigenvalue weighted by Crippen LogP contribution is -2.27. The average molecular weight is 335 g/mol. The number of urea groups is 1. The molecule has 2 amide bonds. The Bertz CT molecular complexity index is 797. The van der Waals surface area contributed by atoms with Crippen molar-refractivity contribution in [1.82, 2.24) is 5.32 Å². The second-order valence-corrected chi connectivity index (χ2v) is 5.50. The van der Waals surface area contributed by atoms with Crippen LogP contribution in [0.1, 0.15) is 5.76 Å². The number of para-hydroxylation sites is 1. The van der Waals surface area contributed by atoms with Gasteiger partial charge in [-0.15, -0.1) is 0 Å². The molecule has 4 nitrogen and oxygen atoms in total. The zero-order valence-corrected chi connectivity index (χ0v) is 12.9. The van der Waals surface area contributed by atoms with Gasteiger partial charge in [-0.1, -0.05) is 41.4 Å². The lowest BCUT2D eigenvalue weighted by Gasteiger charge is -2.07. The lowest BCUT2D eigenvalue weighted by molar-refractivity contribution is 0.251. The van der Waals surface area contributed by atoms with Gasteiger partial charge in [0.2, 0.25) is 0 Å². The number of carbonyl (C=O) groups is 1. The van der Waals surface area contributed by atoms with Crippen molar-refractivity contribution in [2.75, 3.05) is 5.32 Å². The minimum absolute atomic E-state index is 0.293. The Morgan fingerprint density at radius 2 is 1.86 bits per heavy atom. The molecular formula is C16H12Cl2N2O2. The maximum atomic E-state index is 11.9. The minimum atomic E-state index is -0.348. The molecule has 112 valence electrons. The van der Waals surface area contributed by atoms with Crippen LogP contribution in [0.25, 0.3) is 11.0 Å². The van der Waals surface area contributed by atoms with E-state index in [2.05, 4.69) is 10.6 Å².